The van der Waals surface area contributed by atoms with Crippen molar-refractivity contribution >= 4 is 11.8 Å². The molecule has 34 heavy (non-hydrogen) atoms. The van der Waals surface area contributed by atoms with E-state index in [1.54, 1.807) is 0 Å². The molecule has 0 heterocycles. The molecule has 4 nitrogen and oxygen atoms in total. The lowest BCUT2D eigenvalue weighted by Crippen LogP contribution is -2.51. The summed E-state index contributed by atoms with van der Waals surface area (Å²) < 4.78 is 0. The zero-order valence-corrected chi connectivity index (χ0v) is 22.1. The quantitative estimate of drug-likeness (QED) is 0.340. The summed E-state index contributed by atoms with van der Waals surface area (Å²) in [7, 11) is 0. The second-order valence-corrected chi connectivity index (χ2v) is 12.2. The molecule has 4 aliphatic carbocycles. The van der Waals surface area contributed by atoms with Gasteiger partial charge in [0.1, 0.15) is 0 Å². The zero-order chi connectivity index (χ0) is 24.8. The van der Waals surface area contributed by atoms with Crippen LogP contribution in [0.5, 0.6) is 0 Å². The van der Waals surface area contributed by atoms with Gasteiger partial charge < -0.3 is 10.2 Å². The predicted octanol–water partition coefficient (Wildman–Crippen LogP) is 7.48. The van der Waals surface area contributed by atoms with Crippen molar-refractivity contribution in [1.82, 2.24) is 0 Å². The summed E-state index contributed by atoms with van der Waals surface area (Å²) in [6, 6.07) is 0. The Labute approximate surface area is 208 Å². The number of aliphatic hydroxyl groups excluding tert-OH is 1. The van der Waals surface area contributed by atoms with Crippen molar-refractivity contribution < 1.29 is 19.8 Å². The number of rotatable bonds is 9. The summed E-state index contributed by atoms with van der Waals surface area (Å²) in [6.07, 6.45) is 20.8. The molecule has 2 N–H and O–H groups in total. The third-order valence-electron chi connectivity index (χ3n) is 10.2. The molecule has 0 bridgehead atoms. The monoisotopic (exact) mass is 474 g/mol. The van der Waals surface area contributed by atoms with Gasteiger partial charge in [0.15, 0.2) is 5.78 Å². The van der Waals surface area contributed by atoms with Crippen LogP contribution in [0.2, 0.25) is 0 Å². The van der Waals surface area contributed by atoms with Crippen molar-refractivity contribution in [2.24, 2.45) is 28.6 Å². The molecule has 0 unspecified atom stereocenters. The molecule has 0 aliphatic heterocycles. The van der Waals surface area contributed by atoms with E-state index in [-0.39, 0.29) is 16.9 Å². The highest BCUT2D eigenvalue weighted by Gasteiger charge is 2.58. The first kappa shape index (κ1) is 27.4. The third-order valence-corrected chi connectivity index (χ3v) is 10.2. The minimum atomic E-state index is -0.661. The lowest BCUT2D eigenvalue weighted by Gasteiger charge is -2.57. The second kappa shape index (κ2) is 12.2. The highest BCUT2D eigenvalue weighted by molar-refractivity contribution is 5.91. The number of aliphatic hydroxyl groups is 1. The van der Waals surface area contributed by atoms with Gasteiger partial charge in [0.25, 0.3) is 0 Å². The van der Waals surface area contributed by atoms with Crippen molar-refractivity contribution in [1.29, 1.82) is 0 Å². The Kier molecular flexibility index (Phi) is 9.83. The largest absolute Gasteiger partial charge is 0.481 e. The summed E-state index contributed by atoms with van der Waals surface area (Å²) in [5.41, 5.74) is 1.89. The van der Waals surface area contributed by atoms with Gasteiger partial charge in [-0.05, 0) is 86.0 Å². The van der Waals surface area contributed by atoms with Crippen molar-refractivity contribution in [3.05, 3.63) is 11.6 Å². The normalized spacial score (nSPS) is 36.5. The number of allylic oxidation sites excluding steroid dienone is 1. The maximum Gasteiger partial charge on any atom is 0.303 e. The standard InChI is InChI=1S/C19H28O2.C11H22O2/c1-18-9-7-13(20)11-12(18)3-4-14-15-5-6-17(21)19(15,2)10-8-16(14)18;1-2-3-4-5-6-7-8-9-10-11(12)13/h11,14-17,21H,3-10H2,1-2H3;2-10H2,1H3,(H,12,13)/t14-,15-,16-,17-,18-,19-;/m0./s1. The van der Waals surface area contributed by atoms with Crippen molar-refractivity contribution in [3.63, 3.8) is 0 Å². The van der Waals surface area contributed by atoms with Crippen LogP contribution in [-0.4, -0.2) is 28.1 Å². The van der Waals surface area contributed by atoms with Crippen LogP contribution < -0.4 is 0 Å². The Morgan fingerprint density at radius 1 is 0.912 bits per heavy atom. The first-order valence-corrected chi connectivity index (χ1v) is 14.4. The third kappa shape index (κ3) is 6.15. The highest BCUT2D eigenvalue weighted by atomic mass is 16.4. The maximum atomic E-state index is 11.8. The fourth-order valence-corrected chi connectivity index (χ4v) is 7.94. The van der Waals surface area contributed by atoms with Gasteiger partial charge in [0, 0.05) is 12.8 Å². The summed E-state index contributed by atoms with van der Waals surface area (Å²) in [5.74, 6) is 1.91. The van der Waals surface area contributed by atoms with Crippen LogP contribution in [0.25, 0.3) is 0 Å². The fraction of sp³-hybridized carbons (Fsp3) is 0.867. The lowest BCUT2D eigenvalue weighted by molar-refractivity contribution is -0.137. The van der Waals surface area contributed by atoms with Gasteiger partial charge >= 0.3 is 5.97 Å². The highest BCUT2D eigenvalue weighted by Crippen LogP contribution is 2.65. The van der Waals surface area contributed by atoms with Crippen LogP contribution in [0.1, 0.15) is 130 Å². The molecule has 3 fully saturated rings. The topological polar surface area (TPSA) is 74.6 Å². The van der Waals surface area contributed by atoms with Crippen LogP contribution in [0.15, 0.2) is 11.6 Å². The number of carbonyl (C=O) groups excluding carboxylic acids is 1. The Balaban J connectivity index is 0.000000218. The van der Waals surface area contributed by atoms with Crippen molar-refractivity contribution in [2.45, 2.75) is 136 Å². The summed E-state index contributed by atoms with van der Waals surface area (Å²) >= 11 is 0. The van der Waals surface area contributed by atoms with E-state index >= 15 is 0 Å². The minimum Gasteiger partial charge on any atom is -0.481 e. The number of carboxylic acids is 1. The molecule has 194 valence electrons. The Morgan fingerprint density at radius 3 is 2.26 bits per heavy atom. The first-order chi connectivity index (χ1) is 16.2. The van der Waals surface area contributed by atoms with E-state index < -0.39 is 5.97 Å². The molecule has 6 atom stereocenters. The molecule has 4 rings (SSSR count). The zero-order valence-electron chi connectivity index (χ0n) is 22.1. The van der Waals surface area contributed by atoms with E-state index in [9.17, 15) is 14.7 Å². The number of fused-ring (bicyclic) bond motifs is 5. The van der Waals surface area contributed by atoms with E-state index in [0.29, 0.717) is 18.1 Å². The molecule has 0 aromatic carbocycles. The maximum absolute atomic E-state index is 11.8. The number of hydrogen-bond acceptors (Lipinski definition) is 3. The molecule has 0 aromatic rings. The van der Waals surface area contributed by atoms with Crippen LogP contribution >= 0.6 is 0 Å². The van der Waals surface area contributed by atoms with E-state index in [2.05, 4.69) is 20.8 Å². The average Bonchev–Trinajstić information content (AvgIpc) is 3.11. The van der Waals surface area contributed by atoms with Gasteiger partial charge in [-0.25, -0.2) is 0 Å². The van der Waals surface area contributed by atoms with E-state index in [4.69, 9.17) is 5.11 Å². The van der Waals surface area contributed by atoms with Gasteiger partial charge in [0.2, 0.25) is 0 Å². The number of carboxylic acid groups (broad SMARTS) is 1. The number of hydrogen-bond donors (Lipinski definition) is 2. The minimum absolute atomic E-state index is 0.0823. The molecule has 0 amide bonds. The van der Waals surface area contributed by atoms with Crippen LogP contribution in [0, 0.1) is 28.6 Å². The Morgan fingerprint density at radius 2 is 1.59 bits per heavy atom. The molecule has 0 spiro atoms. The Hall–Kier alpha value is -1.16. The van der Waals surface area contributed by atoms with E-state index in [0.717, 1.165) is 50.4 Å². The summed E-state index contributed by atoms with van der Waals surface area (Å²) in [4.78, 5) is 22.0. The number of carbonyl (C=O) groups is 2. The van der Waals surface area contributed by atoms with E-state index in [1.165, 1.54) is 69.8 Å². The molecule has 3 saturated carbocycles. The fourth-order valence-electron chi connectivity index (χ4n) is 7.94. The van der Waals surface area contributed by atoms with Gasteiger partial charge in [0.05, 0.1) is 6.10 Å². The van der Waals surface area contributed by atoms with Gasteiger partial charge in [-0.2, -0.15) is 0 Å². The van der Waals surface area contributed by atoms with Crippen LogP contribution in [-0.2, 0) is 9.59 Å². The molecule has 0 radical (unpaired) electrons. The number of unbranched alkanes of at least 4 members (excludes halogenated alkanes) is 7. The SMILES string of the molecule is CCCCCCCCCCC(=O)O.C[C@]12CC[C@H]3[C@@H](CCC4=CC(=O)CC[C@@]43C)[C@@H]1CC[C@@H]2O. The second-order valence-electron chi connectivity index (χ2n) is 12.2. The molecular weight excluding hydrogens is 424 g/mol. The molecule has 0 saturated heterocycles. The molecule has 0 aromatic heterocycles. The summed E-state index contributed by atoms with van der Waals surface area (Å²) in [5, 5.41) is 18.8. The van der Waals surface area contributed by atoms with Crippen LogP contribution in [0.4, 0.5) is 0 Å². The molecular formula is C30H50O4. The molecule has 4 heteroatoms. The van der Waals surface area contributed by atoms with Crippen molar-refractivity contribution in [2.75, 3.05) is 0 Å². The van der Waals surface area contributed by atoms with Gasteiger partial charge in [-0.15, -0.1) is 0 Å². The summed E-state index contributed by atoms with van der Waals surface area (Å²) in [6.45, 7) is 6.98. The number of aliphatic carboxylic acids is 1. The van der Waals surface area contributed by atoms with Gasteiger partial charge in [-0.1, -0.05) is 71.3 Å². The predicted molar refractivity (Wildman–Crippen MR) is 138 cm³/mol. The van der Waals surface area contributed by atoms with Gasteiger partial charge in [-0.3, -0.25) is 9.59 Å². The smallest absolute Gasteiger partial charge is 0.303 e. The Bertz CT molecular complexity index is 727. The average molecular weight is 475 g/mol. The lowest BCUT2D eigenvalue weighted by atomic mass is 9.47. The van der Waals surface area contributed by atoms with Crippen molar-refractivity contribution in [3.8, 4) is 0 Å². The van der Waals surface area contributed by atoms with E-state index in [1.807, 2.05) is 6.08 Å². The first-order valence-electron chi connectivity index (χ1n) is 14.4. The molecule has 4 aliphatic rings. The van der Waals surface area contributed by atoms with Crippen LogP contribution in [0.3, 0.4) is 0 Å². The number of ketones is 1.